The number of ether oxygens (including phenoxy) is 1. The van der Waals surface area contributed by atoms with Gasteiger partial charge in [-0.05, 0) is 12.1 Å². The molecule has 4 heterocycles. The zero-order valence-electron chi connectivity index (χ0n) is 17.5. The van der Waals surface area contributed by atoms with Crippen LogP contribution < -0.4 is 26.8 Å². The Morgan fingerprint density at radius 2 is 1.91 bits per heavy atom. The highest BCUT2D eigenvalue weighted by atomic mass is 35.5. The molecule has 5 rings (SSSR count). The lowest BCUT2D eigenvalue weighted by Crippen LogP contribution is -2.52. The predicted molar refractivity (Wildman–Crippen MR) is 126 cm³/mol. The molecule has 1 aromatic carbocycles. The van der Waals surface area contributed by atoms with E-state index in [1.54, 1.807) is 24.4 Å². The lowest BCUT2D eigenvalue weighted by atomic mass is 9.83. The van der Waals surface area contributed by atoms with E-state index < -0.39 is 11.5 Å². The molecule has 0 saturated carbocycles. The third-order valence-electron chi connectivity index (χ3n) is 6.27. The minimum atomic E-state index is -0.743. The van der Waals surface area contributed by atoms with Crippen LogP contribution in [0, 0.1) is 0 Å². The second-order valence-corrected chi connectivity index (χ2v) is 8.91. The molecular formula is C22H21Cl2N7O2. The molecule has 1 spiro atoms. The van der Waals surface area contributed by atoms with E-state index in [2.05, 4.69) is 15.0 Å². The minimum absolute atomic E-state index is 0.0209. The summed E-state index contributed by atoms with van der Waals surface area (Å²) < 4.78 is 6.19. The van der Waals surface area contributed by atoms with Crippen molar-refractivity contribution in [2.24, 2.45) is 11.5 Å². The molecule has 2 aliphatic rings. The third-order valence-corrected chi connectivity index (χ3v) is 7.09. The first kappa shape index (κ1) is 21.7. The van der Waals surface area contributed by atoms with Crippen LogP contribution in [0.25, 0.3) is 11.1 Å². The third kappa shape index (κ3) is 3.52. The molecule has 11 heteroatoms. The van der Waals surface area contributed by atoms with Crippen molar-refractivity contribution < 1.29 is 9.53 Å². The van der Waals surface area contributed by atoms with Gasteiger partial charge in [0.1, 0.15) is 17.1 Å². The topological polar surface area (TPSA) is 146 Å². The molecule has 9 nitrogen and oxygen atoms in total. The number of rotatable bonds is 3. The van der Waals surface area contributed by atoms with Crippen molar-refractivity contribution in [2.75, 3.05) is 23.7 Å². The number of anilines is 2. The van der Waals surface area contributed by atoms with Gasteiger partial charge < -0.3 is 26.8 Å². The maximum Gasteiger partial charge on any atom is 0.268 e. The molecule has 3 aromatic rings. The fraction of sp³-hybridized carbons (Fsp3) is 0.273. The molecule has 0 bridgehead atoms. The molecule has 1 fully saturated rings. The number of pyridine rings is 1. The number of primary amides is 1. The number of benzene rings is 1. The van der Waals surface area contributed by atoms with Crippen LogP contribution in [0.15, 0.2) is 36.5 Å². The monoisotopic (exact) mass is 485 g/mol. The Labute approximate surface area is 199 Å². The molecule has 0 unspecified atom stereocenters. The Morgan fingerprint density at radius 1 is 1.15 bits per heavy atom. The van der Waals surface area contributed by atoms with Crippen molar-refractivity contribution in [1.29, 1.82) is 0 Å². The van der Waals surface area contributed by atoms with E-state index >= 15 is 0 Å². The Hall–Kier alpha value is -3.14. The summed E-state index contributed by atoms with van der Waals surface area (Å²) in [6.07, 6.45) is 2.94. The lowest BCUT2D eigenvalue weighted by Gasteiger charge is -2.40. The number of carbonyl (C=O) groups excluding carboxylic acids is 1. The quantitative estimate of drug-likeness (QED) is 0.512. The van der Waals surface area contributed by atoms with Crippen LogP contribution in [0.3, 0.4) is 0 Å². The molecule has 1 atom stereocenters. The van der Waals surface area contributed by atoms with E-state index in [0.717, 1.165) is 5.56 Å². The van der Waals surface area contributed by atoms with Crippen LogP contribution in [0.5, 0.6) is 5.88 Å². The normalized spacial score (nSPS) is 18.8. The van der Waals surface area contributed by atoms with Crippen LogP contribution in [0.1, 0.15) is 34.9 Å². The minimum Gasteiger partial charge on any atom is -0.469 e. The van der Waals surface area contributed by atoms with Gasteiger partial charge in [-0.25, -0.2) is 9.97 Å². The van der Waals surface area contributed by atoms with Crippen LogP contribution in [0.2, 0.25) is 10.0 Å². The van der Waals surface area contributed by atoms with Gasteiger partial charge >= 0.3 is 0 Å². The number of amides is 1. The Balaban J connectivity index is 1.45. The first-order valence-corrected chi connectivity index (χ1v) is 11.1. The summed E-state index contributed by atoms with van der Waals surface area (Å²) >= 11 is 12.5. The first-order valence-electron chi connectivity index (χ1n) is 10.4. The number of piperidine rings is 1. The van der Waals surface area contributed by atoms with Crippen molar-refractivity contribution in [2.45, 2.75) is 24.5 Å². The average molecular weight is 486 g/mol. The molecule has 33 heavy (non-hydrogen) atoms. The van der Waals surface area contributed by atoms with Gasteiger partial charge in [0.05, 0.1) is 21.7 Å². The van der Waals surface area contributed by atoms with Gasteiger partial charge in [-0.15, -0.1) is 0 Å². The number of nitrogens with two attached hydrogens (primary N) is 3. The smallest absolute Gasteiger partial charge is 0.268 e. The van der Waals surface area contributed by atoms with E-state index in [4.69, 9.17) is 45.1 Å². The van der Waals surface area contributed by atoms with Gasteiger partial charge in [0.2, 0.25) is 11.8 Å². The molecule has 2 aliphatic heterocycles. The summed E-state index contributed by atoms with van der Waals surface area (Å²) in [4.78, 5) is 27.4. The summed E-state index contributed by atoms with van der Waals surface area (Å²) in [7, 11) is 0. The van der Waals surface area contributed by atoms with Gasteiger partial charge in [-0.3, -0.25) is 4.79 Å². The molecule has 1 amide bonds. The standard InChI is InChI=1S/C22H21Cl2N7O2/c23-13-5-1-3-11(15(13)24)14-16(19(27)32)29-21(30-18(14)26)31-9-6-22(7-10-31)17(25)12-4-2-8-28-20(12)33-22/h1-5,8,17H,6-7,9-10,25H2,(H2,27,32)(H2,26,29,30)/t17-/m0/s1. The van der Waals surface area contributed by atoms with Gasteiger partial charge in [0, 0.05) is 43.3 Å². The molecule has 0 aliphatic carbocycles. The van der Waals surface area contributed by atoms with Crippen molar-refractivity contribution in [1.82, 2.24) is 15.0 Å². The Kier molecular flexibility index (Phi) is 5.27. The Morgan fingerprint density at radius 3 is 2.61 bits per heavy atom. The van der Waals surface area contributed by atoms with Gasteiger partial charge in [-0.2, -0.15) is 4.98 Å². The van der Waals surface area contributed by atoms with E-state index in [9.17, 15) is 4.79 Å². The summed E-state index contributed by atoms with van der Waals surface area (Å²) in [6.45, 7) is 1.10. The number of hydrogen-bond acceptors (Lipinski definition) is 8. The second kappa shape index (κ2) is 8.02. The first-order chi connectivity index (χ1) is 15.8. The molecule has 6 N–H and O–H groups in total. The molecule has 2 aromatic heterocycles. The van der Waals surface area contributed by atoms with E-state index in [1.807, 2.05) is 17.0 Å². The molecule has 0 radical (unpaired) electrons. The molecule has 170 valence electrons. The summed E-state index contributed by atoms with van der Waals surface area (Å²) in [6, 6.07) is 8.54. The van der Waals surface area contributed by atoms with E-state index in [1.165, 1.54) is 0 Å². The van der Waals surface area contributed by atoms with Crippen molar-refractivity contribution in [3.8, 4) is 17.0 Å². The highest BCUT2D eigenvalue weighted by molar-refractivity contribution is 6.44. The summed E-state index contributed by atoms with van der Waals surface area (Å²) in [5.74, 6) is 0.231. The van der Waals surface area contributed by atoms with Gasteiger partial charge in [-0.1, -0.05) is 41.4 Å². The number of carbonyl (C=O) groups is 1. The van der Waals surface area contributed by atoms with Crippen molar-refractivity contribution in [3.05, 3.63) is 57.8 Å². The maximum absolute atomic E-state index is 12.3. The second-order valence-electron chi connectivity index (χ2n) is 8.13. The van der Waals surface area contributed by atoms with E-state index in [0.29, 0.717) is 48.3 Å². The number of aromatic nitrogens is 3. The predicted octanol–water partition coefficient (Wildman–Crippen LogP) is 2.96. The zero-order valence-corrected chi connectivity index (χ0v) is 19.0. The molecule has 1 saturated heterocycles. The van der Waals surface area contributed by atoms with Crippen LogP contribution in [0.4, 0.5) is 11.8 Å². The fourth-order valence-electron chi connectivity index (χ4n) is 4.51. The van der Waals surface area contributed by atoms with Crippen LogP contribution in [-0.4, -0.2) is 39.5 Å². The number of hydrogen-bond donors (Lipinski definition) is 3. The van der Waals surface area contributed by atoms with Gasteiger partial charge in [0.15, 0.2) is 0 Å². The summed E-state index contributed by atoms with van der Waals surface area (Å²) in [5, 5.41) is 0.558. The molecular weight excluding hydrogens is 465 g/mol. The number of halogens is 2. The van der Waals surface area contributed by atoms with Crippen molar-refractivity contribution >= 4 is 40.9 Å². The van der Waals surface area contributed by atoms with Crippen LogP contribution in [-0.2, 0) is 0 Å². The fourth-order valence-corrected chi connectivity index (χ4v) is 4.91. The van der Waals surface area contributed by atoms with Gasteiger partial charge in [0.25, 0.3) is 5.91 Å². The van der Waals surface area contributed by atoms with Crippen molar-refractivity contribution in [3.63, 3.8) is 0 Å². The maximum atomic E-state index is 12.3. The summed E-state index contributed by atoms with van der Waals surface area (Å²) in [5.41, 5.74) is 19.5. The zero-order chi connectivity index (χ0) is 23.3. The van der Waals surface area contributed by atoms with Crippen LogP contribution >= 0.6 is 23.2 Å². The SMILES string of the molecule is NC(=O)c1nc(N2CCC3(CC2)Oc2ncccc2[C@@H]3N)nc(N)c1-c1cccc(Cl)c1Cl. The van der Waals surface area contributed by atoms with E-state index in [-0.39, 0.29) is 28.1 Å². The number of fused-ring (bicyclic) bond motifs is 1. The lowest BCUT2D eigenvalue weighted by molar-refractivity contribution is 0.0396. The average Bonchev–Trinajstić information content (AvgIpc) is 3.07. The highest BCUT2D eigenvalue weighted by Gasteiger charge is 2.49. The number of nitrogen functional groups attached to an aromatic ring is 1. The Bertz CT molecular complexity index is 1260. The number of nitrogens with zero attached hydrogens (tertiary/aromatic N) is 4. The largest absolute Gasteiger partial charge is 0.469 e. The highest BCUT2D eigenvalue weighted by Crippen LogP contribution is 2.46.